The molecule has 0 saturated heterocycles. The molecule has 0 aliphatic carbocycles. The van der Waals surface area contributed by atoms with Gasteiger partial charge in [0, 0.05) is 28.3 Å². The smallest absolute Gasteiger partial charge is 0.343 e. The van der Waals surface area contributed by atoms with E-state index in [9.17, 15) is 23.6 Å². The highest BCUT2D eigenvalue weighted by molar-refractivity contribution is 5.92. The maximum absolute atomic E-state index is 13.4. The Morgan fingerprint density at radius 2 is 1.27 bits per heavy atom. The van der Waals surface area contributed by atoms with Crippen LogP contribution in [0.2, 0.25) is 0 Å². The van der Waals surface area contributed by atoms with Gasteiger partial charge in [0.25, 0.3) is 0 Å². The van der Waals surface area contributed by atoms with Gasteiger partial charge in [-0.1, -0.05) is 61.9 Å². The van der Waals surface area contributed by atoms with E-state index in [1.807, 2.05) is 18.2 Å². The number of ether oxygens (including phenoxy) is 4. The summed E-state index contributed by atoms with van der Waals surface area (Å²) in [6.07, 6.45) is 5.17. The quantitative estimate of drug-likeness (QED) is 0.0451. The Kier molecular flexibility index (Phi) is 13.4. The van der Waals surface area contributed by atoms with Crippen molar-refractivity contribution in [2.45, 2.75) is 26.7 Å². The molecule has 0 N–H and O–H groups in total. The fourth-order valence-electron chi connectivity index (χ4n) is 4.45. The molecule has 262 valence electrons. The molecule has 8 nitrogen and oxygen atoms in total. The van der Waals surface area contributed by atoms with E-state index in [0.29, 0.717) is 28.0 Å². The first-order chi connectivity index (χ1) is 25.0. The minimum Gasteiger partial charge on any atom is -0.423 e. The van der Waals surface area contributed by atoms with Crippen molar-refractivity contribution in [2.24, 2.45) is 0 Å². The monoisotopic (exact) mass is 698 g/mol. The summed E-state index contributed by atoms with van der Waals surface area (Å²) in [5, 5.41) is 0. The molecule has 0 radical (unpaired) electrons. The minimum absolute atomic E-state index is 0.179. The summed E-state index contributed by atoms with van der Waals surface area (Å²) in [5.74, 6) is 4.81. The third-order valence-corrected chi connectivity index (χ3v) is 7.18. The van der Waals surface area contributed by atoms with E-state index in [0.717, 1.165) is 11.6 Å². The van der Waals surface area contributed by atoms with E-state index < -0.39 is 30.6 Å². The number of carbonyl (C=O) groups excluding carboxylic acids is 4. The van der Waals surface area contributed by atoms with Crippen LogP contribution in [0.25, 0.3) is 12.2 Å². The summed E-state index contributed by atoms with van der Waals surface area (Å²) in [5.41, 5.74) is 3.75. The van der Waals surface area contributed by atoms with E-state index in [4.69, 9.17) is 18.9 Å². The molecule has 0 atom stereocenters. The summed E-state index contributed by atoms with van der Waals surface area (Å²) in [6.45, 7) is 13.1. The molecule has 0 aromatic heterocycles. The summed E-state index contributed by atoms with van der Waals surface area (Å²) >= 11 is 0. The van der Waals surface area contributed by atoms with Gasteiger partial charge >= 0.3 is 23.9 Å². The van der Waals surface area contributed by atoms with Crippen molar-refractivity contribution >= 4 is 36.0 Å². The highest BCUT2D eigenvalue weighted by Crippen LogP contribution is 2.31. The second-order valence-corrected chi connectivity index (χ2v) is 11.4. The standard InChI is InChI=1S/C43H35FO8/c1-6-39(45)49-35-21-13-31(14-22-35)9-15-32-19-20-33(40(38(32)8-7-27-44)52-42(47)29(4)5)16-10-30-11-17-34(18-12-30)43(48)51-37-25-23-36(24-26-37)50-41(46)28(2)3/h6,9,11-15,17-26H,1-2,4,7-8,27H2,3,5H3/b15-9+. The predicted octanol–water partition coefficient (Wildman–Crippen LogP) is 8.43. The molecule has 52 heavy (non-hydrogen) atoms. The number of esters is 4. The van der Waals surface area contributed by atoms with Crippen LogP contribution in [0.15, 0.2) is 122 Å². The predicted molar refractivity (Wildman–Crippen MR) is 197 cm³/mol. The number of hydrogen-bond donors (Lipinski definition) is 0. The van der Waals surface area contributed by atoms with E-state index in [2.05, 4.69) is 31.6 Å². The number of benzene rings is 4. The molecule has 0 aliphatic rings. The Labute approximate surface area is 301 Å². The van der Waals surface area contributed by atoms with Crippen LogP contribution in [0.4, 0.5) is 4.39 Å². The van der Waals surface area contributed by atoms with Gasteiger partial charge in [-0.15, -0.1) is 0 Å². The van der Waals surface area contributed by atoms with Crippen molar-refractivity contribution in [3.63, 3.8) is 0 Å². The number of hydrogen-bond acceptors (Lipinski definition) is 8. The molecular weight excluding hydrogens is 663 g/mol. The first-order valence-corrected chi connectivity index (χ1v) is 16.0. The highest BCUT2D eigenvalue weighted by atomic mass is 19.1. The first kappa shape index (κ1) is 38.0. The fourth-order valence-corrected chi connectivity index (χ4v) is 4.45. The Hall–Kier alpha value is -6.79. The molecule has 9 heteroatoms. The van der Waals surface area contributed by atoms with Crippen LogP contribution >= 0.6 is 0 Å². The van der Waals surface area contributed by atoms with Crippen molar-refractivity contribution in [1.82, 2.24) is 0 Å². The second kappa shape index (κ2) is 18.3. The van der Waals surface area contributed by atoms with E-state index in [1.165, 1.54) is 38.1 Å². The van der Waals surface area contributed by atoms with E-state index >= 15 is 0 Å². The highest BCUT2D eigenvalue weighted by Gasteiger charge is 2.17. The number of halogens is 1. The number of alkyl halides is 1. The average molecular weight is 699 g/mol. The van der Waals surface area contributed by atoms with Gasteiger partial charge < -0.3 is 18.9 Å². The molecule has 0 bridgehead atoms. The van der Waals surface area contributed by atoms with Crippen LogP contribution in [0.1, 0.15) is 58.4 Å². The van der Waals surface area contributed by atoms with Crippen LogP contribution in [0.5, 0.6) is 23.0 Å². The molecule has 0 unspecified atom stereocenters. The van der Waals surface area contributed by atoms with Gasteiger partial charge in [-0.3, -0.25) is 4.39 Å². The van der Waals surface area contributed by atoms with Crippen LogP contribution in [-0.2, 0) is 20.8 Å². The molecule has 0 heterocycles. The van der Waals surface area contributed by atoms with Crippen molar-refractivity contribution in [1.29, 1.82) is 0 Å². The lowest BCUT2D eigenvalue weighted by Crippen LogP contribution is -2.12. The van der Waals surface area contributed by atoms with Gasteiger partial charge in [0.15, 0.2) is 5.75 Å². The Morgan fingerprint density at radius 3 is 1.87 bits per heavy atom. The first-order valence-electron chi connectivity index (χ1n) is 16.0. The maximum atomic E-state index is 13.4. The average Bonchev–Trinajstić information content (AvgIpc) is 3.14. The summed E-state index contributed by atoms with van der Waals surface area (Å²) < 4.78 is 34.9. The molecule has 0 fully saturated rings. The van der Waals surface area contributed by atoms with Crippen LogP contribution in [-0.4, -0.2) is 30.6 Å². The molecular formula is C43H35FO8. The SMILES string of the molecule is C=CC(=O)Oc1ccc(/C=C/c2ccc(C#Cc3ccc(C(=O)Oc4ccc(OC(=O)C(=C)C)cc4)cc3)c(OC(=O)C(=C)C)c2CCCF)cc1. The van der Waals surface area contributed by atoms with Gasteiger partial charge in [0.2, 0.25) is 0 Å². The Bertz CT molecular complexity index is 2100. The molecule has 4 rings (SSSR count). The van der Waals surface area contributed by atoms with Crippen molar-refractivity contribution in [2.75, 3.05) is 6.67 Å². The van der Waals surface area contributed by atoms with Gasteiger partial charge in [0.05, 0.1) is 17.8 Å². The zero-order valence-corrected chi connectivity index (χ0v) is 28.7. The van der Waals surface area contributed by atoms with E-state index in [-0.39, 0.29) is 46.8 Å². The number of rotatable bonds is 13. The fraction of sp³-hybridized carbons (Fsp3) is 0.116. The molecule has 4 aromatic rings. The van der Waals surface area contributed by atoms with Gasteiger partial charge in [0.1, 0.15) is 17.2 Å². The Morgan fingerprint density at radius 1 is 0.692 bits per heavy atom. The largest absolute Gasteiger partial charge is 0.423 e. The van der Waals surface area contributed by atoms with Crippen LogP contribution in [0, 0.1) is 11.8 Å². The zero-order chi connectivity index (χ0) is 37.6. The molecule has 0 amide bonds. The third kappa shape index (κ3) is 10.9. The van der Waals surface area contributed by atoms with Gasteiger partial charge in [-0.25, -0.2) is 19.2 Å². The lowest BCUT2D eigenvalue weighted by Gasteiger charge is -2.15. The summed E-state index contributed by atoms with van der Waals surface area (Å²) in [6, 6.07) is 22.8. The zero-order valence-electron chi connectivity index (χ0n) is 28.7. The lowest BCUT2D eigenvalue weighted by molar-refractivity contribution is -0.131. The van der Waals surface area contributed by atoms with Crippen molar-refractivity contribution in [3.8, 4) is 34.8 Å². The normalized spacial score (nSPS) is 10.4. The van der Waals surface area contributed by atoms with Crippen molar-refractivity contribution in [3.05, 3.63) is 155 Å². The molecule has 0 saturated carbocycles. The molecule has 0 aliphatic heterocycles. The summed E-state index contributed by atoms with van der Waals surface area (Å²) in [7, 11) is 0. The van der Waals surface area contributed by atoms with E-state index in [1.54, 1.807) is 54.6 Å². The van der Waals surface area contributed by atoms with Crippen LogP contribution in [0.3, 0.4) is 0 Å². The Balaban J connectivity index is 1.57. The van der Waals surface area contributed by atoms with Crippen molar-refractivity contribution < 1.29 is 42.5 Å². The summed E-state index contributed by atoms with van der Waals surface area (Å²) in [4.78, 5) is 48.7. The second-order valence-electron chi connectivity index (χ2n) is 11.4. The third-order valence-electron chi connectivity index (χ3n) is 7.18. The minimum atomic E-state index is -0.652. The number of carbonyl (C=O) groups is 4. The topological polar surface area (TPSA) is 105 Å². The lowest BCUT2D eigenvalue weighted by atomic mass is 9.97. The van der Waals surface area contributed by atoms with Gasteiger partial charge in [-0.05, 0) is 105 Å². The van der Waals surface area contributed by atoms with Crippen LogP contribution < -0.4 is 18.9 Å². The molecule has 4 aromatic carbocycles. The molecule has 0 spiro atoms. The maximum Gasteiger partial charge on any atom is 0.343 e. The van der Waals surface area contributed by atoms with Gasteiger partial charge in [-0.2, -0.15) is 0 Å².